The predicted octanol–water partition coefficient (Wildman–Crippen LogP) is 4.90. The number of amides is 1. The number of anilines is 1. The van der Waals surface area contributed by atoms with Crippen molar-refractivity contribution < 1.29 is 9.36 Å². The van der Waals surface area contributed by atoms with Crippen LogP contribution in [0.2, 0.25) is 0 Å². The van der Waals surface area contributed by atoms with Gasteiger partial charge in [-0.25, -0.2) is 9.13 Å². The minimum Gasteiger partial charge on any atom is -0.322 e. The van der Waals surface area contributed by atoms with Crippen molar-refractivity contribution in [2.24, 2.45) is 0 Å². The molecule has 0 radical (unpaired) electrons. The molecule has 28 heavy (non-hydrogen) atoms. The van der Waals surface area contributed by atoms with Gasteiger partial charge in [-0.15, -0.1) is 0 Å². The summed E-state index contributed by atoms with van der Waals surface area (Å²) in [5.41, 5.74) is 4.88. The highest BCUT2D eigenvalue weighted by atomic mass is 16.2. The summed E-state index contributed by atoms with van der Waals surface area (Å²) in [6.45, 7) is 5.76. The maximum atomic E-state index is 13.1. The lowest BCUT2D eigenvalue weighted by molar-refractivity contribution is -0.680. The number of rotatable bonds is 5. The van der Waals surface area contributed by atoms with Gasteiger partial charge in [0.15, 0.2) is 17.1 Å². The third kappa shape index (κ3) is 3.21. The average molecular weight is 368 g/mol. The van der Waals surface area contributed by atoms with E-state index in [0.29, 0.717) is 0 Å². The second-order valence-corrected chi connectivity index (χ2v) is 6.68. The van der Waals surface area contributed by atoms with Crippen molar-refractivity contribution in [3.05, 3.63) is 91.8 Å². The van der Waals surface area contributed by atoms with Crippen LogP contribution in [0.1, 0.15) is 13.0 Å². The van der Waals surface area contributed by atoms with Gasteiger partial charge in [0.25, 0.3) is 5.91 Å². The number of carbonyl (C=O) groups excluding carboxylic acids is 1. The summed E-state index contributed by atoms with van der Waals surface area (Å²) in [4.78, 5) is 13.1. The Morgan fingerprint density at radius 1 is 1.00 bits per heavy atom. The molecule has 4 aromatic rings. The first-order valence-electron chi connectivity index (χ1n) is 9.27. The first kappa shape index (κ1) is 17.7. The average Bonchev–Trinajstić information content (AvgIpc) is 3.13. The van der Waals surface area contributed by atoms with Gasteiger partial charge in [-0.1, -0.05) is 67.2 Å². The molecule has 3 aromatic carbocycles. The number of imidazole rings is 1. The topological polar surface area (TPSA) is 37.9 Å². The van der Waals surface area contributed by atoms with Crippen molar-refractivity contribution in [3.8, 4) is 11.1 Å². The Morgan fingerprint density at radius 2 is 1.68 bits per heavy atom. The maximum absolute atomic E-state index is 13.1. The second-order valence-electron chi connectivity index (χ2n) is 6.68. The number of para-hydroxylation sites is 3. The van der Waals surface area contributed by atoms with Crippen molar-refractivity contribution in [2.45, 2.75) is 13.0 Å². The molecule has 0 spiro atoms. The van der Waals surface area contributed by atoms with Gasteiger partial charge >= 0.3 is 0 Å². The minimum absolute atomic E-state index is 0.0691. The van der Waals surface area contributed by atoms with E-state index in [0.717, 1.165) is 27.8 Å². The van der Waals surface area contributed by atoms with Crippen molar-refractivity contribution in [3.63, 3.8) is 0 Å². The van der Waals surface area contributed by atoms with Gasteiger partial charge in [0.05, 0.1) is 6.20 Å². The molecule has 0 saturated heterocycles. The molecule has 0 saturated carbocycles. The molecule has 4 nitrogen and oxygen atoms in total. The lowest BCUT2D eigenvalue weighted by atomic mass is 10.0. The van der Waals surface area contributed by atoms with Crippen LogP contribution in [-0.4, -0.2) is 10.5 Å². The lowest BCUT2D eigenvalue weighted by Crippen LogP contribution is -2.43. The lowest BCUT2D eigenvalue weighted by Gasteiger charge is -2.14. The highest BCUT2D eigenvalue weighted by Crippen LogP contribution is 2.28. The molecule has 0 fully saturated rings. The van der Waals surface area contributed by atoms with Crippen LogP contribution in [0.15, 0.2) is 91.8 Å². The van der Waals surface area contributed by atoms with E-state index in [1.165, 1.54) is 0 Å². The number of hydrogen-bond acceptors (Lipinski definition) is 1. The third-order valence-corrected chi connectivity index (χ3v) is 4.95. The van der Waals surface area contributed by atoms with Gasteiger partial charge in [-0.3, -0.25) is 4.79 Å². The van der Waals surface area contributed by atoms with Gasteiger partial charge in [-0.05, 0) is 30.7 Å². The van der Waals surface area contributed by atoms with E-state index in [4.69, 9.17) is 0 Å². The summed E-state index contributed by atoms with van der Waals surface area (Å²) in [5.74, 6) is -0.0691. The van der Waals surface area contributed by atoms with Gasteiger partial charge in [-0.2, -0.15) is 0 Å². The molecule has 138 valence electrons. The molecule has 1 heterocycles. The Labute approximate surface area is 164 Å². The molecule has 0 aliphatic heterocycles. The van der Waals surface area contributed by atoms with Crippen molar-refractivity contribution >= 4 is 28.8 Å². The SMILES string of the molecule is C=Cn1c[n+]([C@H](C)C(=O)Nc2ccccc2-c2ccccc2)c2ccccc21. The number of benzene rings is 3. The molecule has 4 heteroatoms. The van der Waals surface area contributed by atoms with Crippen LogP contribution < -0.4 is 9.88 Å². The predicted molar refractivity (Wildman–Crippen MR) is 114 cm³/mol. The highest BCUT2D eigenvalue weighted by Gasteiger charge is 2.25. The largest absolute Gasteiger partial charge is 0.322 e. The van der Waals surface area contributed by atoms with Crippen LogP contribution in [0, 0.1) is 0 Å². The zero-order valence-corrected chi connectivity index (χ0v) is 15.7. The van der Waals surface area contributed by atoms with Gasteiger partial charge in [0.2, 0.25) is 6.33 Å². The third-order valence-electron chi connectivity index (χ3n) is 4.95. The van der Waals surface area contributed by atoms with Gasteiger partial charge in [0.1, 0.15) is 0 Å². The highest BCUT2D eigenvalue weighted by molar-refractivity contribution is 5.97. The Bertz CT molecular complexity index is 1140. The van der Waals surface area contributed by atoms with Crippen LogP contribution in [0.5, 0.6) is 0 Å². The van der Waals surface area contributed by atoms with Crippen LogP contribution in [0.25, 0.3) is 28.4 Å². The zero-order chi connectivity index (χ0) is 19.5. The molecule has 0 unspecified atom stereocenters. The van der Waals surface area contributed by atoms with E-state index in [-0.39, 0.29) is 11.9 Å². The van der Waals surface area contributed by atoms with Crippen molar-refractivity contribution in [1.29, 1.82) is 0 Å². The molecule has 0 aliphatic rings. The molecule has 1 atom stereocenters. The number of carbonyl (C=O) groups is 1. The number of aromatic nitrogens is 2. The molecular weight excluding hydrogens is 346 g/mol. The first-order chi connectivity index (χ1) is 13.7. The summed E-state index contributed by atoms with van der Waals surface area (Å²) in [5, 5.41) is 3.10. The minimum atomic E-state index is -0.380. The molecule has 4 rings (SSSR count). The van der Waals surface area contributed by atoms with Gasteiger partial charge in [0, 0.05) is 11.3 Å². The number of hydrogen-bond donors (Lipinski definition) is 1. The molecule has 0 aliphatic carbocycles. The van der Waals surface area contributed by atoms with Crippen LogP contribution in [0.3, 0.4) is 0 Å². The fourth-order valence-electron chi connectivity index (χ4n) is 3.44. The van der Waals surface area contributed by atoms with E-state index in [9.17, 15) is 4.79 Å². The standard InChI is InChI=1S/C24H21N3O/c1-3-26-17-27(23-16-10-9-15-22(23)26)18(2)24(28)25-21-14-8-7-13-20(21)19-11-5-4-6-12-19/h3-18H,1H2,2H3/p+1/t18-/m1/s1. The smallest absolute Gasteiger partial charge is 0.269 e. The van der Waals surface area contributed by atoms with Crippen LogP contribution in [0.4, 0.5) is 5.69 Å². The molecular formula is C24H22N3O+. The Balaban J connectivity index is 1.66. The molecule has 1 amide bonds. The zero-order valence-electron chi connectivity index (χ0n) is 15.7. The summed E-state index contributed by atoms with van der Waals surface area (Å²) in [6.07, 6.45) is 3.65. The van der Waals surface area contributed by atoms with Crippen molar-refractivity contribution in [2.75, 3.05) is 5.32 Å². The van der Waals surface area contributed by atoms with E-state index in [1.807, 2.05) is 101 Å². The van der Waals surface area contributed by atoms with Crippen LogP contribution >= 0.6 is 0 Å². The van der Waals surface area contributed by atoms with Crippen molar-refractivity contribution in [1.82, 2.24) is 4.57 Å². The Hall–Kier alpha value is -3.66. The van der Waals surface area contributed by atoms with E-state index in [1.54, 1.807) is 6.20 Å². The summed E-state index contributed by atoms with van der Waals surface area (Å²) in [6, 6.07) is 25.5. The summed E-state index contributed by atoms with van der Waals surface area (Å²) >= 11 is 0. The molecule has 0 bridgehead atoms. The maximum Gasteiger partial charge on any atom is 0.269 e. The number of nitrogens with zero attached hydrogens (tertiary/aromatic N) is 2. The van der Waals surface area contributed by atoms with Crippen LogP contribution in [-0.2, 0) is 4.79 Å². The van der Waals surface area contributed by atoms with Gasteiger partial charge < -0.3 is 5.32 Å². The summed E-state index contributed by atoms with van der Waals surface area (Å²) < 4.78 is 3.90. The number of nitrogens with one attached hydrogen (secondary N) is 1. The molecule has 1 N–H and O–H groups in total. The quantitative estimate of drug-likeness (QED) is 0.500. The number of fused-ring (bicyclic) bond motifs is 1. The summed E-state index contributed by atoms with van der Waals surface area (Å²) in [7, 11) is 0. The second kappa shape index (κ2) is 7.53. The monoisotopic (exact) mass is 368 g/mol. The fraction of sp³-hybridized carbons (Fsp3) is 0.0833. The van der Waals surface area contributed by atoms with E-state index in [2.05, 4.69) is 11.9 Å². The Kier molecular flexibility index (Phi) is 4.77. The first-order valence-corrected chi connectivity index (χ1v) is 9.27. The van der Waals surface area contributed by atoms with E-state index >= 15 is 0 Å². The fourth-order valence-corrected chi connectivity index (χ4v) is 3.44. The van der Waals surface area contributed by atoms with E-state index < -0.39 is 0 Å². The Morgan fingerprint density at radius 3 is 2.46 bits per heavy atom. The normalized spacial score (nSPS) is 11.9. The molecule has 1 aromatic heterocycles.